The van der Waals surface area contributed by atoms with E-state index in [4.69, 9.17) is 0 Å². The summed E-state index contributed by atoms with van der Waals surface area (Å²) in [7, 11) is 0. The van der Waals surface area contributed by atoms with Gasteiger partial charge in [-0.1, -0.05) is 51.1 Å². The second kappa shape index (κ2) is 10.5. The minimum Gasteiger partial charge on any atom is -0.228 e. The van der Waals surface area contributed by atoms with E-state index in [1.54, 1.807) is 19.1 Å². The highest BCUT2D eigenvalue weighted by molar-refractivity contribution is 5.87. The van der Waals surface area contributed by atoms with Crippen LogP contribution in [0.15, 0.2) is 47.6 Å². The summed E-state index contributed by atoms with van der Waals surface area (Å²) in [6.07, 6.45) is 7.21. The number of nitrogens with zero attached hydrogens (tertiary/aromatic N) is 1. The van der Waals surface area contributed by atoms with Gasteiger partial charge in [-0.15, -0.1) is 0 Å². The van der Waals surface area contributed by atoms with Crippen LogP contribution < -0.4 is 0 Å². The lowest BCUT2D eigenvalue weighted by Crippen LogP contribution is -1.80. The molecule has 1 nitrogen and oxygen atoms in total. The summed E-state index contributed by atoms with van der Waals surface area (Å²) >= 11 is 0. The molecular formula is C16H22FN. The van der Waals surface area contributed by atoms with Gasteiger partial charge in [0, 0.05) is 6.20 Å². The zero-order valence-electron chi connectivity index (χ0n) is 11.7. The SMILES string of the molecule is CC.C\C=C/C(F)=N/C=C/c1ccc(CC)cc1. The van der Waals surface area contributed by atoms with Crippen molar-refractivity contribution < 1.29 is 4.39 Å². The fourth-order valence-corrected chi connectivity index (χ4v) is 1.24. The molecule has 0 unspecified atom stereocenters. The largest absolute Gasteiger partial charge is 0.228 e. The number of benzene rings is 1. The Morgan fingerprint density at radius 2 is 1.83 bits per heavy atom. The number of allylic oxidation sites excluding steroid dienone is 2. The summed E-state index contributed by atoms with van der Waals surface area (Å²) in [6, 6.07) is 8.12. The van der Waals surface area contributed by atoms with Crippen molar-refractivity contribution in [2.45, 2.75) is 34.1 Å². The summed E-state index contributed by atoms with van der Waals surface area (Å²) in [6.45, 7) is 7.86. The first kappa shape index (κ1) is 16.3. The van der Waals surface area contributed by atoms with Crippen LogP contribution in [0.2, 0.25) is 0 Å². The minimum absolute atomic E-state index is 0.482. The first-order valence-electron chi connectivity index (χ1n) is 6.37. The predicted octanol–water partition coefficient (Wildman–Crippen LogP) is 5.19. The van der Waals surface area contributed by atoms with Gasteiger partial charge in [-0.3, -0.25) is 0 Å². The third kappa shape index (κ3) is 6.79. The molecule has 0 saturated carbocycles. The van der Waals surface area contributed by atoms with Gasteiger partial charge in [-0.2, -0.15) is 4.39 Å². The molecular weight excluding hydrogens is 225 g/mol. The Balaban J connectivity index is 0.00000137. The number of aliphatic imine (C=N–C) groups is 1. The molecule has 0 bridgehead atoms. The Hall–Kier alpha value is -1.70. The maximum atomic E-state index is 12.8. The molecule has 1 aromatic carbocycles. The van der Waals surface area contributed by atoms with Gasteiger partial charge in [-0.05, 0) is 36.6 Å². The molecule has 0 aromatic heterocycles. The molecule has 0 heterocycles. The van der Waals surface area contributed by atoms with Crippen LogP contribution in [0.4, 0.5) is 4.39 Å². The zero-order chi connectivity index (χ0) is 13.8. The summed E-state index contributed by atoms with van der Waals surface area (Å²) < 4.78 is 12.8. The van der Waals surface area contributed by atoms with Gasteiger partial charge in [0.1, 0.15) is 0 Å². The van der Waals surface area contributed by atoms with Crippen LogP contribution in [0.5, 0.6) is 0 Å². The Kier molecular flexibility index (Phi) is 9.47. The molecule has 0 aliphatic heterocycles. The summed E-state index contributed by atoms with van der Waals surface area (Å²) in [5, 5.41) is 0. The molecule has 0 spiro atoms. The molecule has 0 aliphatic carbocycles. The van der Waals surface area contributed by atoms with Crippen molar-refractivity contribution in [1.29, 1.82) is 0 Å². The van der Waals surface area contributed by atoms with Crippen molar-refractivity contribution in [3.63, 3.8) is 0 Å². The van der Waals surface area contributed by atoms with Crippen molar-refractivity contribution in [2.75, 3.05) is 0 Å². The number of aryl methyl sites for hydroxylation is 1. The van der Waals surface area contributed by atoms with Crippen LogP contribution in [0.1, 0.15) is 38.8 Å². The first-order chi connectivity index (χ1) is 8.76. The molecule has 0 aliphatic rings. The molecule has 98 valence electrons. The van der Waals surface area contributed by atoms with E-state index in [0.29, 0.717) is 0 Å². The third-order valence-electron chi connectivity index (χ3n) is 2.16. The third-order valence-corrected chi connectivity index (χ3v) is 2.16. The van der Waals surface area contributed by atoms with E-state index < -0.39 is 5.97 Å². The number of halogens is 1. The summed E-state index contributed by atoms with van der Waals surface area (Å²) in [5.41, 5.74) is 2.31. The molecule has 0 radical (unpaired) electrons. The highest BCUT2D eigenvalue weighted by atomic mass is 19.1. The van der Waals surface area contributed by atoms with Crippen molar-refractivity contribution in [1.82, 2.24) is 0 Å². The Labute approximate surface area is 110 Å². The monoisotopic (exact) mass is 247 g/mol. The van der Waals surface area contributed by atoms with Gasteiger partial charge in [-0.25, -0.2) is 4.99 Å². The van der Waals surface area contributed by atoms with E-state index >= 15 is 0 Å². The number of rotatable bonds is 4. The molecule has 0 fully saturated rings. The number of hydrogen-bond acceptors (Lipinski definition) is 1. The second-order valence-corrected chi connectivity index (χ2v) is 3.36. The topological polar surface area (TPSA) is 12.4 Å². The minimum atomic E-state index is -0.482. The van der Waals surface area contributed by atoms with E-state index in [1.807, 2.05) is 26.0 Å². The van der Waals surface area contributed by atoms with Crippen molar-refractivity contribution in [3.05, 3.63) is 53.7 Å². The van der Waals surface area contributed by atoms with Crippen LogP contribution >= 0.6 is 0 Å². The second-order valence-electron chi connectivity index (χ2n) is 3.36. The lowest BCUT2D eigenvalue weighted by Gasteiger charge is -1.96. The Bertz CT molecular complexity index is 400. The highest BCUT2D eigenvalue weighted by Crippen LogP contribution is 2.06. The van der Waals surface area contributed by atoms with Gasteiger partial charge >= 0.3 is 0 Å². The molecule has 1 rings (SSSR count). The predicted molar refractivity (Wildman–Crippen MR) is 79.6 cm³/mol. The van der Waals surface area contributed by atoms with Crippen molar-refractivity contribution >= 4 is 12.0 Å². The molecule has 0 amide bonds. The van der Waals surface area contributed by atoms with Gasteiger partial charge in [0.15, 0.2) is 0 Å². The van der Waals surface area contributed by atoms with Crippen LogP contribution in [0.3, 0.4) is 0 Å². The van der Waals surface area contributed by atoms with Crippen LogP contribution in [-0.2, 0) is 6.42 Å². The van der Waals surface area contributed by atoms with Gasteiger partial charge < -0.3 is 0 Å². The van der Waals surface area contributed by atoms with E-state index in [9.17, 15) is 4.39 Å². The quantitative estimate of drug-likeness (QED) is 0.649. The van der Waals surface area contributed by atoms with Crippen LogP contribution in [-0.4, -0.2) is 5.97 Å². The zero-order valence-corrected chi connectivity index (χ0v) is 11.7. The fraction of sp³-hybridized carbons (Fsp3) is 0.312. The fourth-order valence-electron chi connectivity index (χ4n) is 1.24. The average Bonchev–Trinajstić information content (AvgIpc) is 2.42. The van der Waals surface area contributed by atoms with Gasteiger partial charge in [0.05, 0.1) is 0 Å². The normalized spacial score (nSPS) is 11.7. The van der Waals surface area contributed by atoms with Gasteiger partial charge in [0.25, 0.3) is 0 Å². The molecule has 0 saturated heterocycles. The summed E-state index contributed by atoms with van der Waals surface area (Å²) in [5.74, 6) is -0.482. The first-order valence-corrected chi connectivity index (χ1v) is 6.37. The smallest absolute Gasteiger partial charge is 0.212 e. The maximum Gasteiger partial charge on any atom is 0.212 e. The van der Waals surface area contributed by atoms with Crippen LogP contribution in [0.25, 0.3) is 6.08 Å². The Morgan fingerprint density at radius 1 is 1.22 bits per heavy atom. The van der Waals surface area contributed by atoms with Crippen molar-refractivity contribution in [2.24, 2.45) is 4.99 Å². The van der Waals surface area contributed by atoms with E-state index in [1.165, 1.54) is 17.8 Å². The van der Waals surface area contributed by atoms with Gasteiger partial charge in [0.2, 0.25) is 5.97 Å². The Morgan fingerprint density at radius 3 is 2.33 bits per heavy atom. The summed E-state index contributed by atoms with van der Waals surface area (Å²) in [4.78, 5) is 3.63. The molecule has 1 aromatic rings. The lowest BCUT2D eigenvalue weighted by molar-refractivity contribution is 0.813. The van der Waals surface area contributed by atoms with Crippen LogP contribution in [0, 0.1) is 0 Å². The molecule has 18 heavy (non-hydrogen) atoms. The standard InChI is InChI=1S/C14H16FN.C2H6/c1-3-5-14(15)16-11-10-13-8-6-12(4-2)7-9-13;1-2/h3,5-11H,4H2,1-2H3;1-2H3/b5-3-,11-10+,16-14-;. The van der Waals surface area contributed by atoms with E-state index in [-0.39, 0.29) is 0 Å². The molecule has 0 N–H and O–H groups in total. The number of hydrogen-bond donors (Lipinski definition) is 0. The van der Waals surface area contributed by atoms with E-state index in [0.717, 1.165) is 12.0 Å². The average molecular weight is 247 g/mol. The molecule has 0 atom stereocenters. The maximum absolute atomic E-state index is 12.8. The van der Waals surface area contributed by atoms with E-state index in [2.05, 4.69) is 24.0 Å². The lowest BCUT2D eigenvalue weighted by atomic mass is 10.1. The highest BCUT2D eigenvalue weighted by Gasteiger charge is 1.89. The van der Waals surface area contributed by atoms with Crippen molar-refractivity contribution in [3.8, 4) is 0 Å². The molecule has 2 heteroatoms.